The van der Waals surface area contributed by atoms with Crippen molar-refractivity contribution in [1.82, 2.24) is 10.6 Å². The van der Waals surface area contributed by atoms with Crippen LogP contribution in [0.1, 0.15) is 46.5 Å². The number of carboxylic acid groups (broad SMARTS) is 1. The summed E-state index contributed by atoms with van der Waals surface area (Å²) in [7, 11) is 0. The first-order valence-corrected chi connectivity index (χ1v) is 7.15. The second kappa shape index (κ2) is 7.40. The van der Waals surface area contributed by atoms with E-state index in [1.165, 1.54) is 0 Å². The summed E-state index contributed by atoms with van der Waals surface area (Å²) >= 11 is 0. The third-order valence-electron chi connectivity index (χ3n) is 3.35. The van der Waals surface area contributed by atoms with Crippen LogP contribution in [0.3, 0.4) is 0 Å². The number of imide groups is 1. The van der Waals surface area contributed by atoms with Crippen LogP contribution in [0.15, 0.2) is 0 Å². The Balaban J connectivity index is 2.25. The highest BCUT2D eigenvalue weighted by Gasteiger charge is 2.31. The molecule has 3 amide bonds. The van der Waals surface area contributed by atoms with Crippen molar-refractivity contribution in [3.63, 3.8) is 0 Å². The van der Waals surface area contributed by atoms with Crippen molar-refractivity contribution < 1.29 is 24.2 Å². The molecule has 3 N–H and O–H groups in total. The van der Waals surface area contributed by atoms with Crippen molar-refractivity contribution in [1.29, 1.82) is 0 Å². The molecule has 0 aliphatic heterocycles. The van der Waals surface area contributed by atoms with E-state index in [4.69, 9.17) is 9.84 Å². The predicted octanol–water partition coefficient (Wildman–Crippen LogP) is 1.27. The highest BCUT2D eigenvalue weighted by molar-refractivity contribution is 5.94. The van der Waals surface area contributed by atoms with E-state index in [0.29, 0.717) is 6.61 Å². The van der Waals surface area contributed by atoms with Crippen LogP contribution in [0.2, 0.25) is 0 Å². The minimum absolute atomic E-state index is 0.0149. The molecule has 0 aromatic carbocycles. The van der Waals surface area contributed by atoms with Crippen LogP contribution in [-0.4, -0.2) is 41.8 Å². The molecule has 0 radical (unpaired) electrons. The molecule has 7 nitrogen and oxygen atoms in total. The average Bonchev–Trinajstić information content (AvgIpc) is 2.22. The van der Waals surface area contributed by atoms with Gasteiger partial charge in [0, 0.05) is 19.1 Å². The monoisotopic (exact) mass is 300 g/mol. The highest BCUT2D eigenvalue weighted by atomic mass is 16.5. The van der Waals surface area contributed by atoms with Crippen molar-refractivity contribution in [3.8, 4) is 0 Å². The Morgan fingerprint density at radius 1 is 1.24 bits per heavy atom. The molecule has 1 fully saturated rings. The summed E-state index contributed by atoms with van der Waals surface area (Å²) in [5, 5.41) is 13.7. The molecule has 21 heavy (non-hydrogen) atoms. The third-order valence-corrected chi connectivity index (χ3v) is 3.35. The highest BCUT2D eigenvalue weighted by Crippen LogP contribution is 2.25. The maximum atomic E-state index is 11.7. The summed E-state index contributed by atoms with van der Waals surface area (Å²) in [6.07, 6.45) is 1.55. The van der Waals surface area contributed by atoms with E-state index in [0.717, 1.165) is 12.8 Å². The first-order chi connectivity index (χ1) is 9.71. The van der Waals surface area contributed by atoms with E-state index in [1.807, 2.05) is 6.92 Å². The zero-order chi connectivity index (χ0) is 16.0. The molecule has 0 spiro atoms. The lowest BCUT2D eigenvalue weighted by Crippen LogP contribution is -2.52. The van der Waals surface area contributed by atoms with Gasteiger partial charge in [-0.3, -0.25) is 14.9 Å². The molecule has 7 heteroatoms. The van der Waals surface area contributed by atoms with Crippen LogP contribution in [0.25, 0.3) is 0 Å². The molecule has 0 aromatic heterocycles. The van der Waals surface area contributed by atoms with Crippen LogP contribution in [0.4, 0.5) is 4.79 Å². The Labute approximate surface area is 124 Å². The van der Waals surface area contributed by atoms with E-state index in [1.54, 1.807) is 13.8 Å². The van der Waals surface area contributed by atoms with E-state index >= 15 is 0 Å². The number of carbonyl (C=O) groups is 3. The first-order valence-electron chi connectivity index (χ1n) is 7.15. The molecule has 1 aliphatic rings. The van der Waals surface area contributed by atoms with Crippen molar-refractivity contribution in [2.75, 3.05) is 6.61 Å². The molecule has 0 bridgehead atoms. The smallest absolute Gasteiger partial charge is 0.321 e. The Bertz CT molecular complexity index is 402. The van der Waals surface area contributed by atoms with Gasteiger partial charge in [-0.1, -0.05) is 13.8 Å². The number of ether oxygens (including phenoxy) is 1. The van der Waals surface area contributed by atoms with Crippen LogP contribution < -0.4 is 10.6 Å². The van der Waals surface area contributed by atoms with E-state index in [2.05, 4.69) is 10.6 Å². The topological polar surface area (TPSA) is 105 Å². The Morgan fingerprint density at radius 3 is 2.38 bits per heavy atom. The van der Waals surface area contributed by atoms with Crippen molar-refractivity contribution in [2.45, 2.75) is 58.6 Å². The van der Waals surface area contributed by atoms with Gasteiger partial charge in [0.15, 0.2) is 0 Å². The average molecular weight is 300 g/mol. The normalized spacial score (nSPS) is 21.3. The number of nitrogens with one attached hydrogen (secondary N) is 2. The van der Waals surface area contributed by atoms with Crippen LogP contribution in [0.5, 0.6) is 0 Å². The van der Waals surface area contributed by atoms with Crippen LogP contribution >= 0.6 is 0 Å². The second-order valence-corrected chi connectivity index (χ2v) is 6.18. The molecular formula is C14H24N2O5. The number of aliphatic carboxylic acids is 1. The lowest BCUT2D eigenvalue weighted by molar-refractivity contribution is -0.139. The number of amides is 3. The number of rotatable bonds is 7. The molecule has 1 aliphatic carbocycles. The molecule has 1 saturated carbocycles. The summed E-state index contributed by atoms with van der Waals surface area (Å²) in [6.45, 7) is 5.93. The van der Waals surface area contributed by atoms with Crippen LogP contribution in [0, 0.1) is 5.41 Å². The van der Waals surface area contributed by atoms with Gasteiger partial charge >= 0.3 is 12.0 Å². The summed E-state index contributed by atoms with van der Waals surface area (Å²) in [5.74, 6) is -1.44. The SMILES string of the molecule is CCOC1CC(NC(=O)NC(=O)CC(C)(C)CC(=O)O)C1. The van der Waals surface area contributed by atoms with Gasteiger partial charge in [-0.05, 0) is 25.2 Å². The lowest BCUT2D eigenvalue weighted by Gasteiger charge is -2.35. The lowest BCUT2D eigenvalue weighted by atomic mass is 9.85. The van der Waals surface area contributed by atoms with Crippen molar-refractivity contribution >= 4 is 17.9 Å². The van der Waals surface area contributed by atoms with E-state index in [9.17, 15) is 14.4 Å². The molecule has 1 rings (SSSR count). The van der Waals surface area contributed by atoms with Gasteiger partial charge in [-0.25, -0.2) is 4.79 Å². The van der Waals surface area contributed by atoms with E-state index in [-0.39, 0.29) is 25.0 Å². The Morgan fingerprint density at radius 2 is 1.86 bits per heavy atom. The van der Waals surface area contributed by atoms with Gasteiger partial charge in [-0.15, -0.1) is 0 Å². The van der Waals surface area contributed by atoms with Crippen LogP contribution in [-0.2, 0) is 14.3 Å². The summed E-state index contributed by atoms with van der Waals surface area (Å²) in [4.78, 5) is 34.0. The van der Waals surface area contributed by atoms with Gasteiger partial charge in [-0.2, -0.15) is 0 Å². The zero-order valence-electron chi connectivity index (χ0n) is 12.8. The molecule has 120 valence electrons. The summed E-state index contributed by atoms with van der Waals surface area (Å²) in [5.41, 5.74) is -0.688. The number of urea groups is 1. The summed E-state index contributed by atoms with van der Waals surface area (Å²) < 4.78 is 5.38. The fourth-order valence-corrected chi connectivity index (χ4v) is 2.35. The molecule has 0 unspecified atom stereocenters. The fourth-order valence-electron chi connectivity index (χ4n) is 2.35. The number of hydrogen-bond acceptors (Lipinski definition) is 4. The van der Waals surface area contributed by atoms with Crippen molar-refractivity contribution in [3.05, 3.63) is 0 Å². The maximum absolute atomic E-state index is 11.7. The minimum Gasteiger partial charge on any atom is -0.481 e. The summed E-state index contributed by atoms with van der Waals surface area (Å²) in [6, 6.07) is -0.507. The third kappa shape index (κ3) is 6.57. The minimum atomic E-state index is -0.964. The molecule has 0 heterocycles. The van der Waals surface area contributed by atoms with Gasteiger partial charge in [0.05, 0.1) is 12.5 Å². The van der Waals surface area contributed by atoms with E-state index < -0.39 is 23.3 Å². The fraction of sp³-hybridized carbons (Fsp3) is 0.786. The quantitative estimate of drug-likeness (QED) is 0.656. The largest absolute Gasteiger partial charge is 0.481 e. The molecule has 0 atom stereocenters. The van der Waals surface area contributed by atoms with Crippen molar-refractivity contribution in [2.24, 2.45) is 5.41 Å². The molecule has 0 saturated heterocycles. The first kappa shape index (κ1) is 17.4. The number of hydrogen-bond donors (Lipinski definition) is 3. The van der Waals surface area contributed by atoms with Gasteiger partial charge in [0.1, 0.15) is 0 Å². The second-order valence-electron chi connectivity index (χ2n) is 6.18. The maximum Gasteiger partial charge on any atom is 0.321 e. The molecule has 0 aromatic rings. The Kier molecular flexibility index (Phi) is 6.14. The zero-order valence-corrected chi connectivity index (χ0v) is 12.8. The standard InChI is InChI=1S/C14H24N2O5/c1-4-21-10-5-9(6-10)15-13(20)16-11(17)7-14(2,3)8-12(18)19/h9-10H,4-8H2,1-3H3,(H,18,19)(H2,15,16,17,20). The molecular weight excluding hydrogens is 276 g/mol. The number of carboxylic acids is 1. The van der Waals surface area contributed by atoms with Gasteiger partial charge in [0.25, 0.3) is 0 Å². The number of carbonyl (C=O) groups excluding carboxylic acids is 2. The van der Waals surface area contributed by atoms with Gasteiger partial charge < -0.3 is 15.2 Å². The predicted molar refractivity (Wildman–Crippen MR) is 75.8 cm³/mol. The Hall–Kier alpha value is -1.63. The van der Waals surface area contributed by atoms with Gasteiger partial charge in [0.2, 0.25) is 5.91 Å².